The Bertz CT molecular complexity index is 958. The number of piperidine rings is 1. The van der Waals surface area contributed by atoms with Crippen LogP contribution in [-0.4, -0.2) is 34.9 Å². The summed E-state index contributed by atoms with van der Waals surface area (Å²) in [5.41, 5.74) is 2.53. The quantitative estimate of drug-likeness (QED) is 0.660. The number of benzene rings is 2. The first-order valence-electron chi connectivity index (χ1n) is 9.61. The number of nitrogens with one attached hydrogen (secondary N) is 2. The standard InChI is InChI=1S/C22H22N4O2S/c27-20(24-18-6-2-1-3-7-18)17-5-4-13-26(15-17)22(28)25-19-10-8-16(9-11-19)21-23-12-14-29-21/h1-3,6-12,14,17H,4-5,13,15H2,(H,24,27)(H,25,28). The first kappa shape index (κ1) is 19.1. The number of thiazole rings is 1. The van der Waals surface area contributed by atoms with Crippen LogP contribution < -0.4 is 10.6 Å². The SMILES string of the molecule is O=C(Nc1ccccc1)C1CCCN(C(=O)Nc2ccc(-c3nccs3)cc2)C1. The van der Waals surface area contributed by atoms with Crippen LogP contribution in [-0.2, 0) is 4.79 Å². The van der Waals surface area contributed by atoms with Crippen LogP contribution in [0.25, 0.3) is 10.6 Å². The predicted octanol–water partition coefficient (Wildman–Crippen LogP) is 4.69. The highest BCUT2D eigenvalue weighted by Gasteiger charge is 2.28. The molecule has 6 nitrogen and oxygen atoms in total. The number of hydrogen-bond donors (Lipinski definition) is 2. The summed E-state index contributed by atoms with van der Waals surface area (Å²) >= 11 is 1.58. The third-order valence-electron chi connectivity index (χ3n) is 4.94. The average molecular weight is 407 g/mol. The minimum absolute atomic E-state index is 0.0403. The molecule has 0 bridgehead atoms. The van der Waals surface area contributed by atoms with Gasteiger partial charge in [0.15, 0.2) is 0 Å². The Balaban J connectivity index is 1.34. The third-order valence-corrected chi connectivity index (χ3v) is 5.76. The molecule has 1 atom stereocenters. The molecule has 0 aliphatic carbocycles. The van der Waals surface area contributed by atoms with Crippen molar-refractivity contribution >= 4 is 34.6 Å². The second kappa shape index (κ2) is 8.87. The molecule has 29 heavy (non-hydrogen) atoms. The Labute approximate surface area is 173 Å². The lowest BCUT2D eigenvalue weighted by Crippen LogP contribution is -2.45. The van der Waals surface area contributed by atoms with Crippen molar-refractivity contribution in [1.82, 2.24) is 9.88 Å². The Morgan fingerprint density at radius 2 is 1.76 bits per heavy atom. The summed E-state index contributed by atoms with van der Waals surface area (Å²) < 4.78 is 0. The van der Waals surface area contributed by atoms with Crippen molar-refractivity contribution in [3.05, 3.63) is 66.2 Å². The number of amides is 3. The van der Waals surface area contributed by atoms with E-state index in [2.05, 4.69) is 15.6 Å². The molecule has 0 spiro atoms. The molecule has 3 amide bonds. The Kier molecular flexibility index (Phi) is 5.86. The molecule has 0 radical (unpaired) electrons. The predicted molar refractivity (Wildman–Crippen MR) is 116 cm³/mol. The molecule has 1 aliphatic rings. The van der Waals surface area contributed by atoms with Gasteiger partial charge in [0.2, 0.25) is 5.91 Å². The van der Waals surface area contributed by atoms with Gasteiger partial charge < -0.3 is 15.5 Å². The van der Waals surface area contributed by atoms with Gasteiger partial charge in [0, 0.05) is 41.6 Å². The third kappa shape index (κ3) is 4.81. The van der Waals surface area contributed by atoms with Crippen molar-refractivity contribution < 1.29 is 9.59 Å². The number of urea groups is 1. The van der Waals surface area contributed by atoms with Crippen molar-refractivity contribution in [2.45, 2.75) is 12.8 Å². The van der Waals surface area contributed by atoms with E-state index < -0.39 is 0 Å². The lowest BCUT2D eigenvalue weighted by Gasteiger charge is -2.32. The maximum absolute atomic E-state index is 12.7. The number of rotatable bonds is 4. The fourth-order valence-electron chi connectivity index (χ4n) is 3.41. The van der Waals surface area contributed by atoms with Crippen molar-refractivity contribution in [2.75, 3.05) is 23.7 Å². The molecule has 148 valence electrons. The van der Waals surface area contributed by atoms with Gasteiger partial charge in [-0.15, -0.1) is 11.3 Å². The zero-order valence-electron chi connectivity index (χ0n) is 15.9. The molecule has 0 saturated carbocycles. The summed E-state index contributed by atoms with van der Waals surface area (Å²) in [6.45, 7) is 1.07. The molecule has 1 fully saturated rings. The summed E-state index contributed by atoms with van der Waals surface area (Å²) in [5.74, 6) is -0.247. The van der Waals surface area contributed by atoms with E-state index in [-0.39, 0.29) is 17.9 Å². The van der Waals surface area contributed by atoms with Crippen LogP contribution in [0.2, 0.25) is 0 Å². The first-order valence-corrected chi connectivity index (χ1v) is 10.5. The van der Waals surface area contributed by atoms with Crippen molar-refractivity contribution in [1.29, 1.82) is 0 Å². The van der Waals surface area contributed by atoms with E-state index in [0.29, 0.717) is 13.1 Å². The topological polar surface area (TPSA) is 74.3 Å². The molecule has 2 heterocycles. The fourth-order valence-corrected chi connectivity index (χ4v) is 4.05. The lowest BCUT2D eigenvalue weighted by atomic mass is 9.97. The Morgan fingerprint density at radius 3 is 2.48 bits per heavy atom. The molecular formula is C22H22N4O2S. The van der Waals surface area contributed by atoms with E-state index in [1.54, 1.807) is 22.4 Å². The van der Waals surface area contributed by atoms with E-state index in [9.17, 15) is 9.59 Å². The van der Waals surface area contributed by atoms with Crippen LogP contribution in [0, 0.1) is 5.92 Å². The normalized spacial score (nSPS) is 16.3. The largest absolute Gasteiger partial charge is 0.326 e. The van der Waals surface area contributed by atoms with Gasteiger partial charge in [0.1, 0.15) is 5.01 Å². The van der Waals surface area contributed by atoms with E-state index in [1.165, 1.54) is 0 Å². The molecular weight excluding hydrogens is 384 g/mol. The van der Waals surface area contributed by atoms with Gasteiger partial charge in [-0.3, -0.25) is 4.79 Å². The number of aromatic nitrogens is 1. The van der Waals surface area contributed by atoms with Gasteiger partial charge in [-0.1, -0.05) is 18.2 Å². The summed E-state index contributed by atoms with van der Waals surface area (Å²) in [6.07, 6.45) is 3.37. The van der Waals surface area contributed by atoms with E-state index in [1.807, 2.05) is 60.0 Å². The number of para-hydroxylation sites is 1. The zero-order chi connectivity index (χ0) is 20.1. The summed E-state index contributed by atoms with van der Waals surface area (Å²) in [4.78, 5) is 31.3. The van der Waals surface area contributed by atoms with Crippen molar-refractivity contribution in [2.24, 2.45) is 5.92 Å². The highest BCUT2D eigenvalue weighted by molar-refractivity contribution is 7.13. The van der Waals surface area contributed by atoms with Gasteiger partial charge >= 0.3 is 6.03 Å². The van der Waals surface area contributed by atoms with Gasteiger partial charge in [0.25, 0.3) is 0 Å². The summed E-state index contributed by atoms with van der Waals surface area (Å²) in [7, 11) is 0. The second-order valence-electron chi connectivity index (χ2n) is 6.99. The molecule has 3 aromatic rings. The molecule has 7 heteroatoms. The van der Waals surface area contributed by atoms with E-state index in [4.69, 9.17) is 0 Å². The lowest BCUT2D eigenvalue weighted by molar-refractivity contribution is -0.121. The first-order chi connectivity index (χ1) is 14.2. The smallest absolute Gasteiger partial charge is 0.321 e. The molecule has 1 aromatic heterocycles. The van der Waals surface area contributed by atoms with Crippen molar-refractivity contribution in [3.63, 3.8) is 0 Å². The van der Waals surface area contributed by atoms with Crippen LogP contribution in [0.15, 0.2) is 66.2 Å². The number of carbonyl (C=O) groups is 2. The van der Waals surface area contributed by atoms with Gasteiger partial charge in [-0.05, 0) is 49.2 Å². The molecule has 1 aliphatic heterocycles. The average Bonchev–Trinajstić information content (AvgIpc) is 3.30. The highest BCUT2D eigenvalue weighted by Crippen LogP contribution is 2.24. The maximum atomic E-state index is 12.7. The van der Waals surface area contributed by atoms with Crippen LogP contribution in [0.3, 0.4) is 0 Å². The summed E-state index contributed by atoms with van der Waals surface area (Å²) in [6, 6.07) is 16.9. The minimum atomic E-state index is -0.206. The molecule has 2 N–H and O–H groups in total. The van der Waals surface area contributed by atoms with Crippen molar-refractivity contribution in [3.8, 4) is 10.6 Å². The molecule has 2 aromatic carbocycles. The number of anilines is 2. The van der Waals surface area contributed by atoms with Gasteiger partial charge in [-0.2, -0.15) is 0 Å². The second-order valence-corrected chi connectivity index (χ2v) is 7.88. The Morgan fingerprint density at radius 1 is 1.00 bits per heavy atom. The molecule has 1 saturated heterocycles. The Hall–Kier alpha value is -3.19. The van der Waals surface area contributed by atoms with Crippen LogP contribution in [0.5, 0.6) is 0 Å². The minimum Gasteiger partial charge on any atom is -0.326 e. The maximum Gasteiger partial charge on any atom is 0.321 e. The summed E-state index contributed by atoms with van der Waals surface area (Å²) in [5, 5.41) is 8.76. The van der Waals surface area contributed by atoms with E-state index in [0.717, 1.165) is 34.8 Å². The fraction of sp³-hybridized carbons (Fsp3) is 0.227. The zero-order valence-corrected chi connectivity index (χ0v) is 16.7. The number of hydrogen-bond acceptors (Lipinski definition) is 4. The molecule has 4 rings (SSSR count). The highest BCUT2D eigenvalue weighted by atomic mass is 32.1. The number of nitrogens with zero attached hydrogens (tertiary/aromatic N) is 2. The van der Waals surface area contributed by atoms with Crippen LogP contribution in [0.4, 0.5) is 16.2 Å². The number of carbonyl (C=O) groups excluding carboxylic acids is 2. The van der Waals surface area contributed by atoms with E-state index >= 15 is 0 Å². The monoisotopic (exact) mass is 406 g/mol. The van der Waals surface area contributed by atoms with Gasteiger partial charge in [0.05, 0.1) is 5.92 Å². The number of likely N-dealkylation sites (tertiary alicyclic amines) is 1. The van der Waals surface area contributed by atoms with Crippen LogP contribution in [0.1, 0.15) is 12.8 Å². The van der Waals surface area contributed by atoms with Crippen LogP contribution >= 0.6 is 11.3 Å². The molecule has 1 unspecified atom stereocenters. The van der Waals surface area contributed by atoms with Gasteiger partial charge in [-0.25, -0.2) is 9.78 Å².